The molecule has 3 rings (SSSR count). The first kappa shape index (κ1) is 21.4. The fourth-order valence-corrected chi connectivity index (χ4v) is 3.14. The molecular formula is C24H23ClN2O3. The summed E-state index contributed by atoms with van der Waals surface area (Å²) in [4.78, 5) is 16.7. The quantitative estimate of drug-likeness (QED) is 0.494. The van der Waals surface area contributed by atoms with Crippen LogP contribution in [0.3, 0.4) is 0 Å². The third-order valence-electron chi connectivity index (χ3n) is 4.37. The van der Waals surface area contributed by atoms with Crippen LogP contribution in [0.1, 0.15) is 16.7 Å². The monoisotopic (exact) mass is 422 g/mol. The van der Waals surface area contributed by atoms with Gasteiger partial charge in [-0.15, -0.1) is 0 Å². The molecule has 1 N–H and O–H groups in total. The van der Waals surface area contributed by atoms with E-state index >= 15 is 0 Å². The van der Waals surface area contributed by atoms with E-state index in [0.29, 0.717) is 22.2 Å². The normalized spacial score (nSPS) is 10.8. The minimum atomic E-state index is -0.288. The van der Waals surface area contributed by atoms with Gasteiger partial charge in [0.2, 0.25) is 0 Å². The highest BCUT2D eigenvalue weighted by Gasteiger charge is 2.14. The number of anilines is 1. The number of para-hydroxylation sites is 1. The summed E-state index contributed by atoms with van der Waals surface area (Å²) in [6.45, 7) is 3.76. The Hall–Kier alpha value is -3.31. The van der Waals surface area contributed by atoms with Crippen molar-refractivity contribution >= 4 is 35.1 Å². The molecule has 0 radical (unpaired) electrons. The second kappa shape index (κ2) is 9.94. The molecule has 0 saturated heterocycles. The lowest BCUT2D eigenvalue weighted by Crippen LogP contribution is -2.20. The molecule has 0 aliphatic heterocycles. The Balaban J connectivity index is 1.71. The predicted molar refractivity (Wildman–Crippen MR) is 122 cm³/mol. The summed E-state index contributed by atoms with van der Waals surface area (Å²) in [5, 5.41) is 3.13. The first-order valence-electron chi connectivity index (χ1n) is 9.43. The van der Waals surface area contributed by atoms with Gasteiger partial charge < -0.3 is 14.8 Å². The highest BCUT2D eigenvalue weighted by atomic mass is 35.5. The van der Waals surface area contributed by atoms with Gasteiger partial charge in [-0.3, -0.25) is 9.79 Å². The van der Waals surface area contributed by atoms with Crippen LogP contribution in [0.5, 0.6) is 11.5 Å². The van der Waals surface area contributed by atoms with E-state index < -0.39 is 0 Å². The lowest BCUT2D eigenvalue weighted by Gasteiger charge is -2.13. The Bertz CT molecular complexity index is 1080. The van der Waals surface area contributed by atoms with E-state index in [-0.39, 0.29) is 12.5 Å². The Kier molecular flexibility index (Phi) is 7.09. The van der Waals surface area contributed by atoms with Crippen molar-refractivity contribution < 1.29 is 14.3 Å². The molecule has 0 aliphatic rings. The average molecular weight is 423 g/mol. The van der Waals surface area contributed by atoms with Gasteiger partial charge in [-0.2, -0.15) is 0 Å². The number of nitrogens with zero attached hydrogens (tertiary/aromatic N) is 1. The molecule has 0 bridgehead atoms. The van der Waals surface area contributed by atoms with Crippen LogP contribution in [-0.2, 0) is 4.79 Å². The molecule has 0 aromatic heterocycles. The SMILES string of the molecule is COc1cc(C=Nc2ccccc2C)cc(Cl)c1OCC(=O)Nc1cccc(C)c1. The minimum Gasteiger partial charge on any atom is -0.493 e. The number of halogens is 1. The highest BCUT2D eigenvalue weighted by Crippen LogP contribution is 2.36. The molecule has 0 unspecified atom stereocenters. The number of aliphatic imine (C=N–C) groups is 1. The van der Waals surface area contributed by atoms with Crippen molar-refractivity contribution in [3.05, 3.63) is 82.4 Å². The van der Waals surface area contributed by atoms with Crippen molar-refractivity contribution in [1.82, 2.24) is 0 Å². The van der Waals surface area contributed by atoms with Gasteiger partial charge in [-0.1, -0.05) is 41.9 Å². The van der Waals surface area contributed by atoms with Gasteiger partial charge in [0, 0.05) is 11.9 Å². The van der Waals surface area contributed by atoms with Crippen molar-refractivity contribution in [2.75, 3.05) is 19.0 Å². The van der Waals surface area contributed by atoms with E-state index in [1.165, 1.54) is 7.11 Å². The first-order valence-corrected chi connectivity index (χ1v) is 9.80. The molecule has 6 heteroatoms. The number of rotatable bonds is 7. The maximum atomic E-state index is 12.2. The molecular weight excluding hydrogens is 400 g/mol. The van der Waals surface area contributed by atoms with Crippen LogP contribution in [0, 0.1) is 13.8 Å². The van der Waals surface area contributed by atoms with Crippen LogP contribution in [-0.4, -0.2) is 25.8 Å². The fourth-order valence-electron chi connectivity index (χ4n) is 2.86. The number of nitrogens with one attached hydrogen (secondary N) is 1. The molecule has 3 aromatic rings. The Morgan fingerprint density at radius 2 is 1.90 bits per heavy atom. The molecule has 0 saturated carbocycles. The summed E-state index contributed by atoms with van der Waals surface area (Å²) in [6, 6.07) is 18.9. The number of hydrogen-bond acceptors (Lipinski definition) is 4. The number of benzene rings is 3. The van der Waals surface area contributed by atoms with Gasteiger partial charge >= 0.3 is 0 Å². The molecule has 1 amide bonds. The zero-order valence-electron chi connectivity index (χ0n) is 17.1. The van der Waals surface area contributed by atoms with E-state index in [1.54, 1.807) is 18.3 Å². The molecule has 154 valence electrons. The topological polar surface area (TPSA) is 59.9 Å². The predicted octanol–water partition coefficient (Wildman–Crippen LogP) is 5.73. The van der Waals surface area contributed by atoms with Crippen molar-refractivity contribution in [3.63, 3.8) is 0 Å². The fraction of sp³-hybridized carbons (Fsp3) is 0.167. The van der Waals surface area contributed by atoms with Crippen LogP contribution in [0.25, 0.3) is 0 Å². The zero-order chi connectivity index (χ0) is 21.5. The largest absolute Gasteiger partial charge is 0.493 e. The Labute approximate surface area is 181 Å². The number of aryl methyl sites for hydroxylation is 2. The highest BCUT2D eigenvalue weighted by molar-refractivity contribution is 6.32. The number of carbonyl (C=O) groups is 1. The molecule has 5 nitrogen and oxygen atoms in total. The molecule has 30 heavy (non-hydrogen) atoms. The molecule has 0 heterocycles. The van der Waals surface area contributed by atoms with Crippen molar-refractivity contribution in [2.24, 2.45) is 4.99 Å². The summed E-state index contributed by atoms with van der Waals surface area (Å²) in [7, 11) is 1.52. The van der Waals surface area contributed by atoms with E-state index in [9.17, 15) is 4.79 Å². The molecule has 0 atom stereocenters. The summed E-state index contributed by atoms with van der Waals surface area (Å²) >= 11 is 6.39. The summed E-state index contributed by atoms with van der Waals surface area (Å²) in [6.07, 6.45) is 1.71. The third kappa shape index (κ3) is 5.61. The van der Waals surface area contributed by atoms with Gasteiger partial charge in [0.1, 0.15) is 0 Å². The molecule has 0 fully saturated rings. The van der Waals surface area contributed by atoms with Crippen LogP contribution in [0.2, 0.25) is 5.02 Å². The second-order valence-electron chi connectivity index (χ2n) is 6.79. The van der Waals surface area contributed by atoms with Crippen LogP contribution < -0.4 is 14.8 Å². The number of methoxy groups -OCH3 is 1. The Morgan fingerprint density at radius 3 is 2.63 bits per heavy atom. The van der Waals surface area contributed by atoms with E-state index in [1.807, 2.05) is 62.4 Å². The summed E-state index contributed by atoms with van der Waals surface area (Å²) in [5.41, 5.74) is 4.48. The van der Waals surface area contributed by atoms with Gasteiger partial charge in [0.15, 0.2) is 18.1 Å². The smallest absolute Gasteiger partial charge is 0.262 e. The lowest BCUT2D eigenvalue weighted by atomic mass is 10.2. The first-order chi connectivity index (χ1) is 14.5. The second-order valence-corrected chi connectivity index (χ2v) is 7.19. The number of ether oxygens (including phenoxy) is 2. The molecule has 3 aromatic carbocycles. The summed E-state index contributed by atoms with van der Waals surface area (Å²) < 4.78 is 11.1. The lowest BCUT2D eigenvalue weighted by molar-refractivity contribution is -0.118. The summed E-state index contributed by atoms with van der Waals surface area (Å²) in [5.74, 6) is 0.451. The van der Waals surface area contributed by atoms with Crippen molar-refractivity contribution in [1.29, 1.82) is 0 Å². The van der Waals surface area contributed by atoms with Gasteiger partial charge in [0.05, 0.1) is 17.8 Å². The van der Waals surface area contributed by atoms with E-state index in [4.69, 9.17) is 21.1 Å². The van der Waals surface area contributed by atoms with Gasteiger partial charge in [0.25, 0.3) is 5.91 Å². The maximum absolute atomic E-state index is 12.2. The van der Waals surface area contributed by atoms with E-state index in [2.05, 4.69) is 10.3 Å². The van der Waals surface area contributed by atoms with Crippen molar-refractivity contribution in [3.8, 4) is 11.5 Å². The van der Waals surface area contributed by atoms with Gasteiger partial charge in [-0.25, -0.2) is 0 Å². The molecule has 0 aliphatic carbocycles. The molecule has 0 spiro atoms. The van der Waals surface area contributed by atoms with E-state index in [0.717, 1.165) is 22.4 Å². The number of carbonyl (C=O) groups excluding carboxylic acids is 1. The number of hydrogen-bond donors (Lipinski definition) is 1. The van der Waals surface area contributed by atoms with Crippen LogP contribution in [0.4, 0.5) is 11.4 Å². The maximum Gasteiger partial charge on any atom is 0.262 e. The minimum absolute atomic E-state index is 0.194. The third-order valence-corrected chi connectivity index (χ3v) is 4.65. The van der Waals surface area contributed by atoms with Crippen LogP contribution >= 0.6 is 11.6 Å². The average Bonchev–Trinajstić information content (AvgIpc) is 2.72. The standard InChI is InChI=1S/C24H23ClN2O3/c1-16-7-6-9-19(11-16)27-23(28)15-30-24-20(25)12-18(13-22(24)29-3)14-26-21-10-5-4-8-17(21)2/h4-14H,15H2,1-3H3,(H,27,28). The van der Waals surface area contributed by atoms with Crippen LogP contribution in [0.15, 0.2) is 65.7 Å². The Morgan fingerprint density at radius 1 is 1.10 bits per heavy atom. The zero-order valence-corrected chi connectivity index (χ0v) is 17.9. The van der Waals surface area contributed by atoms with Crippen molar-refractivity contribution in [2.45, 2.75) is 13.8 Å². The number of amides is 1. The van der Waals surface area contributed by atoms with Gasteiger partial charge in [-0.05, 0) is 60.9 Å².